The second-order valence-corrected chi connectivity index (χ2v) is 15.7. The number of para-hydroxylation sites is 4. The van der Waals surface area contributed by atoms with Crippen LogP contribution in [-0.4, -0.2) is 9.13 Å². The summed E-state index contributed by atoms with van der Waals surface area (Å²) in [4.78, 5) is 0. The van der Waals surface area contributed by atoms with Gasteiger partial charge in [-0.15, -0.1) is 0 Å². The number of allylic oxidation sites excluding steroid dienone is 4. The fourth-order valence-corrected chi connectivity index (χ4v) is 10.1. The van der Waals surface area contributed by atoms with E-state index in [1.165, 1.54) is 93.9 Å². The third-order valence-electron chi connectivity index (χ3n) is 12.5. The Labute approximate surface area is 292 Å². The lowest BCUT2D eigenvalue weighted by Crippen LogP contribution is -2.19. The van der Waals surface area contributed by atoms with E-state index in [1.54, 1.807) is 5.57 Å². The van der Waals surface area contributed by atoms with E-state index in [2.05, 4.69) is 170 Å². The second kappa shape index (κ2) is 9.55. The Hall–Kier alpha value is -5.60. The van der Waals surface area contributed by atoms with E-state index >= 15 is 0 Å². The van der Waals surface area contributed by atoms with Crippen LogP contribution in [0.5, 0.6) is 0 Å². The van der Waals surface area contributed by atoms with Crippen molar-refractivity contribution in [2.45, 2.75) is 51.4 Å². The van der Waals surface area contributed by atoms with Crippen LogP contribution in [0.2, 0.25) is 0 Å². The lowest BCUT2D eigenvalue weighted by atomic mass is 9.77. The molecular formula is C48H38N2. The fraction of sp³-hybridized carbons (Fsp3) is 0.167. The Kier molecular flexibility index (Phi) is 5.40. The molecule has 0 amide bonds. The number of hydrogen-bond donors (Lipinski definition) is 0. The molecular weight excluding hydrogens is 605 g/mol. The van der Waals surface area contributed by atoms with Crippen LogP contribution in [0.25, 0.3) is 71.7 Å². The van der Waals surface area contributed by atoms with E-state index in [0.717, 1.165) is 12.8 Å². The number of benzene rings is 6. The second-order valence-electron chi connectivity index (χ2n) is 15.7. The predicted molar refractivity (Wildman–Crippen MR) is 211 cm³/mol. The minimum absolute atomic E-state index is 0.0279. The van der Waals surface area contributed by atoms with Gasteiger partial charge in [-0.2, -0.15) is 0 Å². The minimum Gasteiger partial charge on any atom is -0.313 e. The van der Waals surface area contributed by atoms with Crippen LogP contribution >= 0.6 is 0 Å². The van der Waals surface area contributed by atoms with Crippen molar-refractivity contribution in [2.24, 2.45) is 0 Å². The zero-order valence-corrected chi connectivity index (χ0v) is 29.0. The summed E-state index contributed by atoms with van der Waals surface area (Å²) in [6.07, 6.45) is 4.66. The van der Waals surface area contributed by atoms with Gasteiger partial charge >= 0.3 is 0 Å². The molecule has 0 saturated heterocycles. The average molecular weight is 643 g/mol. The van der Waals surface area contributed by atoms with Gasteiger partial charge in [-0.25, -0.2) is 0 Å². The molecule has 0 aliphatic heterocycles. The molecule has 2 nitrogen and oxygen atoms in total. The van der Waals surface area contributed by atoms with Crippen LogP contribution in [0.4, 0.5) is 0 Å². The first kappa shape index (κ1) is 28.3. The highest BCUT2D eigenvalue weighted by atomic mass is 15.0. The Morgan fingerprint density at radius 3 is 1.50 bits per heavy atom. The molecule has 6 aromatic carbocycles. The Morgan fingerprint density at radius 1 is 0.460 bits per heavy atom. The summed E-state index contributed by atoms with van der Waals surface area (Å²) in [5.41, 5.74) is 19.2. The highest BCUT2D eigenvalue weighted by Crippen LogP contribution is 2.60. The van der Waals surface area contributed by atoms with Gasteiger partial charge in [0.05, 0.1) is 22.1 Å². The molecule has 0 fully saturated rings. The number of aromatic nitrogens is 2. The van der Waals surface area contributed by atoms with Gasteiger partial charge in [0.15, 0.2) is 0 Å². The summed E-state index contributed by atoms with van der Waals surface area (Å²) in [7, 11) is 0. The molecule has 8 aromatic rings. The quantitative estimate of drug-likeness (QED) is 0.178. The predicted octanol–water partition coefficient (Wildman–Crippen LogP) is 12.6. The molecule has 2 heteroatoms. The molecule has 3 aliphatic carbocycles. The fourth-order valence-electron chi connectivity index (χ4n) is 10.1. The maximum Gasteiger partial charge on any atom is 0.0541 e. The van der Waals surface area contributed by atoms with E-state index in [4.69, 9.17) is 0 Å². The summed E-state index contributed by atoms with van der Waals surface area (Å²) in [6.45, 7) is 9.74. The summed E-state index contributed by atoms with van der Waals surface area (Å²) < 4.78 is 5.01. The summed E-state index contributed by atoms with van der Waals surface area (Å²) in [6, 6.07) is 47.7. The third kappa shape index (κ3) is 3.44. The van der Waals surface area contributed by atoms with Crippen molar-refractivity contribution in [3.8, 4) is 16.8 Å². The molecule has 0 spiro atoms. The van der Waals surface area contributed by atoms with Gasteiger partial charge in [0.25, 0.3) is 0 Å². The monoisotopic (exact) mass is 642 g/mol. The maximum atomic E-state index is 2.56. The SMILES string of the molecule is CC1(C)C2=C(C=C(n3c4ccccc4c4ccccc43)CC2)c2c1ccc1c2-c2cc(-n3c4ccccc4c4ccccc43)ccc2C1(C)C. The minimum atomic E-state index is -0.0967. The molecule has 0 unspecified atom stereocenters. The van der Waals surface area contributed by atoms with Gasteiger partial charge in [-0.05, 0) is 94.3 Å². The number of rotatable bonds is 2. The molecule has 0 radical (unpaired) electrons. The van der Waals surface area contributed by atoms with Crippen LogP contribution in [0.15, 0.2) is 139 Å². The van der Waals surface area contributed by atoms with Gasteiger partial charge in [0.1, 0.15) is 0 Å². The highest BCUT2D eigenvalue weighted by Gasteiger charge is 2.45. The normalized spacial score (nSPS) is 17.0. The summed E-state index contributed by atoms with van der Waals surface area (Å²) in [5.74, 6) is 0. The molecule has 11 rings (SSSR count). The van der Waals surface area contributed by atoms with Gasteiger partial charge in [0, 0.05) is 43.8 Å². The molecule has 3 aliphatic rings. The maximum absolute atomic E-state index is 2.56. The van der Waals surface area contributed by atoms with Gasteiger partial charge < -0.3 is 9.13 Å². The van der Waals surface area contributed by atoms with Crippen LogP contribution in [0.3, 0.4) is 0 Å². The van der Waals surface area contributed by atoms with Crippen LogP contribution < -0.4 is 0 Å². The lowest BCUT2D eigenvalue weighted by Gasteiger charge is -2.28. The Balaban J connectivity index is 1.17. The van der Waals surface area contributed by atoms with E-state index in [0.29, 0.717) is 0 Å². The summed E-state index contributed by atoms with van der Waals surface area (Å²) in [5, 5.41) is 5.24. The van der Waals surface area contributed by atoms with Crippen molar-refractivity contribution >= 4 is 54.9 Å². The van der Waals surface area contributed by atoms with Crippen molar-refractivity contribution in [1.29, 1.82) is 0 Å². The van der Waals surface area contributed by atoms with E-state index < -0.39 is 0 Å². The van der Waals surface area contributed by atoms with Crippen molar-refractivity contribution in [1.82, 2.24) is 9.13 Å². The van der Waals surface area contributed by atoms with Crippen molar-refractivity contribution in [3.63, 3.8) is 0 Å². The van der Waals surface area contributed by atoms with E-state index in [-0.39, 0.29) is 10.8 Å². The first-order chi connectivity index (χ1) is 24.3. The summed E-state index contributed by atoms with van der Waals surface area (Å²) >= 11 is 0. The smallest absolute Gasteiger partial charge is 0.0541 e. The molecule has 2 aromatic heterocycles. The van der Waals surface area contributed by atoms with E-state index in [1.807, 2.05) is 0 Å². The Morgan fingerprint density at radius 2 is 0.940 bits per heavy atom. The van der Waals surface area contributed by atoms with Crippen molar-refractivity contribution in [3.05, 3.63) is 161 Å². The van der Waals surface area contributed by atoms with Crippen LogP contribution in [0, 0.1) is 0 Å². The zero-order chi connectivity index (χ0) is 33.5. The molecule has 0 N–H and O–H groups in total. The van der Waals surface area contributed by atoms with E-state index in [9.17, 15) is 0 Å². The van der Waals surface area contributed by atoms with Crippen LogP contribution in [0.1, 0.15) is 62.8 Å². The largest absolute Gasteiger partial charge is 0.313 e. The standard InChI is InChI=1S/C48H38N2/c1-47(2)37-23-21-29(49-41-17-9-5-13-31(41)32-14-6-10-18-42(32)49)27-35(37)45-39(47)25-26-40-46(45)36-28-30(22-24-38(36)48(40,3)4)50-43-19-11-7-15-33(43)34-16-8-12-20-44(34)50/h5-21,23,25-28H,22,24H2,1-4H3. The first-order valence-corrected chi connectivity index (χ1v) is 18.1. The number of hydrogen-bond acceptors (Lipinski definition) is 0. The molecule has 0 atom stereocenters. The number of fused-ring (bicyclic) bond motifs is 12. The molecule has 50 heavy (non-hydrogen) atoms. The molecule has 0 saturated carbocycles. The topological polar surface area (TPSA) is 9.86 Å². The van der Waals surface area contributed by atoms with Gasteiger partial charge in [-0.1, -0.05) is 124 Å². The Bertz CT molecular complexity index is 2760. The molecule has 0 bridgehead atoms. The third-order valence-corrected chi connectivity index (χ3v) is 12.5. The first-order valence-electron chi connectivity index (χ1n) is 18.1. The van der Waals surface area contributed by atoms with Gasteiger partial charge in [-0.3, -0.25) is 0 Å². The van der Waals surface area contributed by atoms with Gasteiger partial charge in [0.2, 0.25) is 0 Å². The average Bonchev–Trinajstić information content (AvgIpc) is 3.80. The lowest BCUT2D eigenvalue weighted by molar-refractivity contribution is 0.606. The molecule has 2 heterocycles. The molecule has 240 valence electrons. The zero-order valence-electron chi connectivity index (χ0n) is 29.0. The van der Waals surface area contributed by atoms with Crippen LogP contribution in [-0.2, 0) is 10.8 Å². The van der Waals surface area contributed by atoms with Crippen molar-refractivity contribution in [2.75, 3.05) is 0 Å². The number of nitrogens with zero attached hydrogens (tertiary/aromatic N) is 2. The van der Waals surface area contributed by atoms with Crippen molar-refractivity contribution < 1.29 is 0 Å². The highest BCUT2D eigenvalue weighted by molar-refractivity contribution is 6.12.